The summed E-state index contributed by atoms with van der Waals surface area (Å²) in [5, 5.41) is 15.2. The second kappa shape index (κ2) is 8.48. The molecule has 1 atom stereocenters. The smallest absolute Gasteiger partial charge is 0.230 e. The van der Waals surface area contributed by atoms with Gasteiger partial charge in [-0.15, -0.1) is 5.10 Å². The van der Waals surface area contributed by atoms with E-state index < -0.39 is 0 Å². The van der Waals surface area contributed by atoms with Crippen LogP contribution in [0.4, 0.5) is 0 Å². The first-order chi connectivity index (χ1) is 12.7. The Morgan fingerprint density at radius 3 is 2.62 bits per heavy atom. The van der Waals surface area contributed by atoms with Crippen LogP contribution < -0.4 is 10.1 Å². The number of nitrogens with one attached hydrogen (secondary N) is 1. The Labute approximate surface area is 155 Å². The van der Waals surface area contributed by atoms with E-state index in [0.717, 1.165) is 17.0 Å². The van der Waals surface area contributed by atoms with Gasteiger partial charge in [0.2, 0.25) is 11.1 Å². The van der Waals surface area contributed by atoms with E-state index in [0.29, 0.717) is 5.16 Å². The number of amides is 1. The Bertz CT molecular complexity index is 852. The van der Waals surface area contributed by atoms with Gasteiger partial charge in [-0.1, -0.05) is 42.1 Å². The summed E-state index contributed by atoms with van der Waals surface area (Å²) >= 11 is 1.29. The van der Waals surface area contributed by atoms with Gasteiger partial charge < -0.3 is 10.1 Å². The molecular formula is C18H19N5O2S. The van der Waals surface area contributed by atoms with E-state index >= 15 is 0 Å². The number of hydrogen-bond donors (Lipinski definition) is 1. The lowest BCUT2D eigenvalue weighted by Crippen LogP contribution is -2.28. The number of nitrogens with zero attached hydrogens (tertiary/aromatic N) is 4. The number of rotatable bonds is 7. The lowest BCUT2D eigenvalue weighted by Gasteiger charge is -2.14. The summed E-state index contributed by atoms with van der Waals surface area (Å²) in [5.74, 6) is 0.911. The molecule has 1 amide bonds. The molecule has 7 nitrogen and oxygen atoms in total. The lowest BCUT2D eigenvalue weighted by molar-refractivity contribution is -0.119. The minimum Gasteiger partial charge on any atom is -0.497 e. The number of thioether (sulfide) groups is 1. The van der Waals surface area contributed by atoms with Crippen LogP contribution in [0.3, 0.4) is 0 Å². The third-order valence-electron chi connectivity index (χ3n) is 3.77. The first-order valence-electron chi connectivity index (χ1n) is 8.07. The van der Waals surface area contributed by atoms with Crippen molar-refractivity contribution in [3.05, 3.63) is 60.2 Å². The number of methoxy groups -OCH3 is 1. The van der Waals surface area contributed by atoms with Crippen molar-refractivity contribution < 1.29 is 9.53 Å². The zero-order valence-electron chi connectivity index (χ0n) is 14.5. The Morgan fingerprint density at radius 1 is 1.19 bits per heavy atom. The number of tetrazole rings is 1. The van der Waals surface area contributed by atoms with Gasteiger partial charge in [-0.25, -0.2) is 0 Å². The van der Waals surface area contributed by atoms with Crippen LogP contribution in [0.2, 0.25) is 0 Å². The normalized spacial score (nSPS) is 11.8. The molecule has 3 aromatic rings. The molecule has 0 aliphatic rings. The molecule has 134 valence electrons. The average molecular weight is 369 g/mol. The highest BCUT2D eigenvalue weighted by molar-refractivity contribution is 7.99. The summed E-state index contributed by atoms with van der Waals surface area (Å²) in [4.78, 5) is 12.2. The predicted octanol–water partition coefficient (Wildman–Crippen LogP) is 2.64. The largest absolute Gasteiger partial charge is 0.497 e. The van der Waals surface area contributed by atoms with Gasteiger partial charge >= 0.3 is 0 Å². The molecule has 0 aliphatic heterocycles. The van der Waals surface area contributed by atoms with E-state index in [4.69, 9.17) is 4.74 Å². The van der Waals surface area contributed by atoms with Gasteiger partial charge in [0.25, 0.3) is 0 Å². The van der Waals surface area contributed by atoms with Crippen LogP contribution in [0.15, 0.2) is 59.8 Å². The van der Waals surface area contributed by atoms with Crippen LogP contribution in [0.5, 0.6) is 5.75 Å². The van der Waals surface area contributed by atoms with Crippen molar-refractivity contribution in [3.63, 3.8) is 0 Å². The van der Waals surface area contributed by atoms with Crippen LogP contribution in [-0.2, 0) is 4.79 Å². The van der Waals surface area contributed by atoms with Crippen LogP contribution in [0.1, 0.15) is 18.5 Å². The maximum Gasteiger partial charge on any atom is 0.230 e. The topological polar surface area (TPSA) is 81.9 Å². The Hall–Kier alpha value is -2.87. The molecule has 1 N–H and O–H groups in total. The summed E-state index contributed by atoms with van der Waals surface area (Å²) in [6.07, 6.45) is 0. The second-order valence-corrected chi connectivity index (χ2v) is 6.50. The number of hydrogen-bond acceptors (Lipinski definition) is 6. The highest BCUT2D eigenvalue weighted by atomic mass is 32.2. The summed E-state index contributed by atoms with van der Waals surface area (Å²) in [5.41, 5.74) is 1.87. The molecule has 1 aromatic heterocycles. The molecule has 8 heteroatoms. The molecule has 0 fully saturated rings. The van der Waals surface area contributed by atoms with Gasteiger partial charge in [0.1, 0.15) is 5.75 Å². The summed E-state index contributed by atoms with van der Waals surface area (Å²) in [7, 11) is 1.61. The molecule has 0 aliphatic carbocycles. The number of aromatic nitrogens is 4. The van der Waals surface area contributed by atoms with Gasteiger partial charge in [0.05, 0.1) is 24.6 Å². The first kappa shape index (κ1) is 17.9. The van der Waals surface area contributed by atoms with E-state index in [1.165, 1.54) is 11.8 Å². The van der Waals surface area contributed by atoms with E-state index in [1.54, 1.807) is 11.8 Å². The highest BCUT2D eigenvalue weighted by Gasteiger charge is 2.13. The van der Waals surface area contributed by atoms with Crippen molar-refractivity contribution in [2.45, 2.75) is 18.1 Å². The third-order valence-corrected chi connectivity index (χ3v) is 4.69. The van der Waals surface area contributed by atoms with Crippen molar-refractivity contribution in [3.8, 4) is 11.4 Å². The van der Waals surface area contributed by atoms with Crippen molar-refractivity contribution in [1.82, 2.24) is 25.5 Å². The van der Waals surface area contributed by atoms with Crippen LogP contribution >= 0.6 is 11.8 Å². The maximum atomic E-state index is 12.2. The summed E-state index contributed by atoms with van der Waals surface area (Å²) < 4.78 is 6.75. The zero-order chi connectivity index (χ0) is 18.4. The number of ether oxygens (including phenoxy) is 1. The van der Waals surface area contributed by atoms with Crippen molar-refractivity contribution in [2.24, 2.45) is 0 Å². The summed E-state index contributed by atoms with van der Waals surface area (Å²) in [6, 6.07) is 17.2. The summed E-state index contributed by atoms with van der Waals surface area (Å²) in [6.45, 7) is 1.96. The molecule has 0 bridgehead atoms. The quantitative estimate of drug-likeness (QED) is 0.645. The fraction of sp³-hybridized carbons (Fsp3) is 0.222. The van der Waals surface area contributed by atoms with Gasteiger partial charge in [-0.05, 0) is 47.2 Å². The molecule has 0 saturated carbocycles. The fourth-order valence-corrected chi connectivity index (χ4v) is 3.09. The lowest BCUT2D eigenvalue weighted by atomic mass is 10.1. The average Bonchev–Trinajstić information content (AvgIpc) is 3.15. The third kappa shape index (κ3) is 4.40. The van der Waals surface area contributed by atoms with Crippen LogP contribution in [0.25, 0.3) is 5.69 Å². The molecule has 1 heterocycles. The monoisotopic (exact) mass is 369 g/mol. The first-order valence-corrected chi connectivity index (χ1v) is 9.06. The fourth-order valence-electron chi connectivity index (χ4n) is 2.39. The zero-order valence-corrected chi connectivity index (χ0v) is 15.3. The van der Waals surface area contributed by atoms with E-state index in [2.05, 4.69) is 20.8 Å². The second-order valence-electron chi connectivity index (χ2n) is 5.56. The minimum absolute atomic E-state index is 0.0538. The maximum absolute atomic E-state index is 12.2. The SMILES string of the molecule is COc1ccc(-n2nnnc2SCC(=O)NC(C)c2ccccc2)cc1. The van der Waals surface area contributed by atoms with E-state index in [1.807, 2.05) is 61.5 Å². The number of carbonyl (C=O) groups is 1. The van der Waals surface area contributed by atoms with Crippen LogP contribution in [-0.4, -0.2) is 39.0 Å². The van der Waals surface area contributed by atoms with E-state index in [9.17, 15) is 4.79 Å². The Kier molecular flexibility index (Phi) is 5.85. The predicted molar refractivity (Wildman–Crippen MR) is 99.4 cm³/mol. The number of benzene rings is 2. The molecule has 2 aromatic carbocycles. The van der Waals surface area contributed by atoms with Gasteiger partial charge in [0.15, 0.2) is 0 Å². The molecule has 0 radical (unpaired) electrons. The molecule has 0 spiro atoms. The molecular weight excluding hydrogens is 350 g/mol. The molecule has 3 rings (SSSR count). The molecule has 1 unspecified atom stereocenters. The van der Waals surface area contributed by atoms with Crippen molar-refractivity contribution in [2.75, 3.05) is 12.9 Å². The standard InChI is InChI=1S/C18H19N5O2S/c1-13(14-6-4-3-5-7-14)19-17(24)12-26-18-20-21-22-23(18)15-8-10-16(25-2)11-9-15/h3-11,13H,12H2,1-2H3,(H,19,24). The van der Waals surface area contributed by atoms with Gasteiger partial charge in [0, 0.05) is 0 Å². The van der Waals surface area contributed by atoms with Gasteiger partial charge in [-0.2, -0.15) is 4.68 Å². The Balaban J connectivity index is 1.60. The highest BCUT2D eigenvalue weighted by Crippen LogP contribution is 2.20. The van der Waals surface area contributed by atoms with Gasteiger partial charge in [-0.3, -0.25) is 4.79 Å². The minimum atomic E-state index is -0.0735. The van der Waals surface area contributed by atoms with Crippen LogP contribution in [0, 0.1) is 0 Å². The van der Waals surface area contributed by atoms with Crippen molar-refractivity contribution in [1.29, 1.82) is 0 Å². The molecule has 0 saturated heterocycles. The number of carbonyl (C=O) groups excluding carboxylic acids is 1. The Morgan fingerprint density at radius 2 is 1.92 bits per heavy atom. The molecule has 26 heavy (non-hydrogen) atoms. The van der Waals surface area contributed by atoms with E-state index in [-0.39, 0.29) is 17.7 Å². The van der Waals surface area contributed by atoms with Crippen molar-refractivity contribution >= 4 is 17.7 Å².